The molecule has 11 rings (SSSR count). The van der Waals surface area contributed by atoms with Gasteiger partial charge in [0.1, 0.15) is 16.9 Å². The molecule has 54 heavy (non-hydrogen) atoms. The van der Waals surface area contributed by atoms with Crippen molar-refractivity contribution in [2.75, 3.05) is 0 Å². The highest BCUT2D eigenvalue weighted by molar-refractivity contribution is 6.19. The number of rotatable bonds is 6. The van der Waals surface area contributed by atoms with Crippen LogP contribution in [0.2, 0.25) is 0 Å². The van der Waals surface area contributed by atoms with Crippen molar-refractivity contribution in [2.45, 2.75) is 0 Å². The molecule has 8 aromatic carbocycles. The number of furan rings is 1. The Bertz CT molecular complexity index is 3230. The Labute approximate surface area is 310 Å². The van der Waals surface area contributed by atoms with Gasteiger partial charge >= 0.3 is 7.69 Å². The van der Waals surface area contributed by atoms with E-state index in [0.717, 1.165) is 55.5 Å². The van der Waals surface area contributed by atoms with Crippen LogP contribution < -0.4 is 4.65 Å². The second-order valence-corrected chi connectivity index (χ2v) is 13.7. The molecule has 11 aromatic rings. The minimum absolute atomic E-state index is 0.544. The largest absolute Gasteiger partial charge is 0.569 e. The molecule has 0 bridgehead atoms. The molecule has 1 N–H and O–H groups in total. The SMILES string of the molecule is O[B]Oc1cccc2oc3ccc(-c4ccc5c(c4)c4cc(-c6ccc7c(c6)c6ccccc6n7-c6ccccc6)ccc4n5-c4ccccc4)cc3c12. The van der Waals surface area contributed by atoms with E-state index in [2.05, 4.69) is 161 Å². The molecule has 0 fully saturated rings. The summed E-state index contributed by atoms with van der Waals surface area (Å²) < 4.78 is 16.3. The molecule has 0 atom stereocenters. The van der Waals surface area contributed by atoms with E-state index in [0.29, 0.717) is 19.0 Å². The fourth-order valence-electron chi connectivity index (χ4n) is 8.37. The minimum atomic E-state index is 0.544. The third kappa shape index (κ3) is 4.64. The molecular weight excluding hydrogens is 663 g/mol. The first-order chi connectivity index (χ1) is 26.7. The summed E-state index contributed by atoms with van der Waals surface area (Å²) in [6.45, 7) is 0. The molecule has 5 nitrogen and oxygen atoms in total. The highest BCUT2D eigenvalue weighted by atomic mass is 16.5. The van der Waals surface area contributed by atoms with Gasteiger partial charge in [-0.2, -0.15) is 0 Å². The van der Waals surface area contributed by atoms with Crippen LogP contribution in [0, 0.1) is 0 Å². The van der Waals surface area contributed by atoms with Gasteiger partial charge in [-0.05, 0) is 113 Å². The van der Waals surface area contributed by atoms with Crippen LogP contribution in [0.3, 0.4) is 0 Å². The molecule has 0 unspecified atom stereocenters. The van der Waals surface area contributed by atoms with Crippen LogP contribution in [0.4, 0.5) is 0 Å². The van der Waals surface area contributed by atoms with Crippen molar-refractivity contribution >= 4 is 73.2 Å². The van der Waals surface area contributed by atoms with Crippen LogP contribution in [-0.4, -0.2) is 21.8 Å². The van der Waals surface area contributed by atoms with E-state index in [4.69, 9.17) is 9.07 Å². The van der Waals surface area contributed by atoms with Gasteiger partial charge < -0.3 is 23.2 Å². The molecular formula is C48H30BN2O3. The Morgan fingerprint density at radius 3 is 1.46 bits per heavy atom. The topological polar surface area (TPSA) is 52.5 Å². The Morgan fingerprint density at radius 2 is 0.889 bits per heavy atom. The van der Waals surface area contributed by atoms with Gasteiger partial charge in [0.25, 0.3) is 0 Å². The lowest BCUT2D eigenvalue weighted by Gasteiger charge is -2.09. The fraction of sp³-hybridized carbons (Fsp3) is 0. The molecule has 1 radical (unpaired) electrons. The van der Waals surface area contributed by atoms with Gasteiger partial charge in [0.2, 0.25) is 0 Å². The molecule has 3 aromatic heterocycles. The summed E-state index contributed by atoms with van der Waals surface area (Å²) in [6.07, 6.45) is 0. The third-order valence-corrected chi connectivity index (χ3v) is 10.8. The zero-order valence-electron chi connectivity index (χ0n) is 29.0. The Balaban J connectivity index is 1.11. The monoisotopic (exact) mass is 693 g/mol. The lowest BCUT2D eigenvalue weighted by molar-refractivity contribution is 0.456. The summed E-state index contributed by atoms with van der Waals surface area (Å²) in [5.74, 6) is 0.544. The molecule has 0 saturated carbocycles. The van der Waals surface area contributed by atoms with E-state index in [9.17, 15) is 5.02 Å². The van der Waals surface area contributed by atoms with E-state index >= 15 is 0 Å². The summed E-state index contributed by atoms with van der Waals surface area (Å²) in [7, 11) is 0.712. The maximum Gasteiger partial charge on any atom is 0.569 e. The summed E-state index contributed by atoms with van der Waals surface area (Å²) in [6, 6.07) is 62.1. The molecule has 0 spiro atoms. The van der Waals surface area contributed by atoms with Gasteiger partial charge in [-0.15, -0.1) is 0 Å². The quantitative estimate of drug-likeness (QED) is 0.176. The predicted octanol–water partition coefficient (Wildman–Crippen LogP) is 12.0. The lowest BCUT2D eigenvalue weighted by atomic mass is 9.98. The highest BCUT2D eigenvalue weighted by Gasteiger charge is 2.18. The Hall–Kier alpha value is -7.02. The van der Waals surface area contributed by atoms with Crippen LogP contribution >= 0.6 is 0 Å². The summed E-state index contributed by atoms with van der Waals surface area (Å²) in [4.78, 5) is 0. The third-order valence-electron chi connectivity index (χ3n) is 10.8. The van der Waals surface area contributed by atoms with Crippen LogP contribution in [0.5, 0.6) is 5.75 Å². The summed E-state index contributed by atoms with van der Waals surface area (Å²) in [5.41, 5.74) is 12.9. The van der Waals surface area contributed by atoms with Crippen LogP contribution in [0.1, 0.15) is 0 Å². The standard InChI is InChI=1S/C48H30BN2O3/c52-49-54-47-17-9-16-46-48(47)40-29-33(21-25-45(40)53-46)32-20-24-44-39(28-32)38-27-31(19-23-43(38)51(44)35-12-5-2-6-13-35)30-18-22-42-37(26-30)36-14-7-8-15-41(36)50(42)34-10-3-1-4-11-34/h1-29,52H. The van der Waals surface area contributed by atoms with E-state index in [1.54, 1.807) is 0 Å². The molecule has 6 heteroatoms. The van der Waals surface area contributed by atoms with Crippen molar-refractivity contribution < 1.29 is 14.1 Å². The van der Waals surface area contributed by atoms with Crippen molar-refractivity contribution in [3.63, 3.8) is 0 Å². The van der Waals surface area contributed by atoms with E-state index in [-0.39, 0.29) is 0 Å². The van der Waals surface area contributed by atoms with Gasteiger partial charge in [-0.1, -0.05) is 84.9 Å². The number of benzene rings is 8. The molecule has 0 amide bonds. The highest BCUT2D eigenvalue weighted by Crippen LogP contribution is 2.41. The fourth-order valence-corrected chi connectivity index (χ4v) is 8.37. The van der Waals surface area contributed by atoms with Crippen molar-refractivity contribution in [2.24, 2.45) is 0 Å². The van der Waals surface area contributed by atoms with Gasteiger partial charge in [0.15, 0.2) is 0 Å². The van der Waals surface area contributed by atoms with E-state index < -0.39 is 0 Å². The van der Waals surface area contributed by atoms with Crippen molar-refractivity contribution in [1.82, 2.24) is 9.13 Å². The van der Waals surface area contributed by atoms with E-state index in [1.807, 2.05) is 24.3 Å². The average Bonchev–Trinajstić information content (AvgIpc) is 3.88. The normalized spacial score (nSPS) is 11.8. The van der Waals surface area contributed by atoms with Crippen LogP contribution in [0.15, 0.2) is 180 Å². The average molecular weight is 694 g/mol. The van der Waals surface area contributed by atoms with Crippen LogP contribution in [0.25, 0.3) is 99.2 Å². The second kappa shape index (κ2) is 12.0. The number of fused-ring (bicyclic) bond motifs is 9. The molecule has 3 heterocycles. The van der Waals surface area contributed by atoms with Gasteiger partial charge in [-0.3, -0.25) is 0 Å². The lowest BCUT2D eigenvalue weighted by Crippen LogP contribution is -1.99. The first kappa shape index (κ1) is 30.6. The number of hydrogen-bond donors (Lipinski definition) is 1. The van der Waals surface area contributed by atoms with Crippen LogP contribution in [-0.2, 0) is 0 Å². The summed E-state index contributed by atoms with van der Waals surface area (Å²) in [5, 5.41) is 16.0. The predicted molar refractivity (Wildman–Crippen MR) is 222 cm³/mol. The first-order valence-corrected chi connectivity index (χ1v) is 18.0. The number of hydrogen-bond acceptors (Lipinski definition) is 3. The Morgan fingerprint density at radius 1 is 0.407 bits per heavy atom. The number of para-hydroxylation sites is 3. The van der Waals surface area contributed by atoms with E-state index in [1.165, 1.54) is 38.1 Å². The van der Waals surface area contributed by atoms with Gasteiger partial charge in [0.05, 0.1) is 27.5 Å². The number of aromatic nitrogens is 2. The molecule has 0 aliphatic carbocycles. The molecule has 0 aliphatic rings. The van der Waals surface area contributed by atoms with Gasteiger partial charge in [-0.25, -0.2) is 0 Å². The minimum Gasteiger partial charge on any atom is -0.537 e. The zero-order valence-corrected chi connectivity index (χ0v) is 29.0. The molecule has 0 aliphatic heterocycles. The molecule has 0 saturated heterocycles. The maximum absolute atomic E-state index is 9.44. The smallest absolute Gasteiger partial charge is 0.537 e. The van der Waals surface area contributed by atoms with Crippen molar-refractivity contribution in [3.05, 3.63) is 176 Å². The van der Waals surface area contributed by atoms with Crippen molar-refractivity contribution in [3.8, 4) is 39.4 Å². The Kier molecular flexibility index (Phi) is 6.81. The van der Waals surface area contributed by atoms with Crippen molar-refractivity contribution in [1.29, 1.82) is 0 Å². The maximum atomic E-state index is 9.44. The number of nitrogens with zero attached hydrogens (tertiary/aromatic N) is 2. The second-order valence-electron chi connectivity index (χ2n) is 13.7. The first-order valence-electron chi connectivity index (χ1n) is 18.0. The molecule has 253 valence electrons. The summed E-state index contributed by atoms with van der Waals surface area (Å²) >= 11 is 0. The zero-order chi connectivity index (χ0) is 35.8. The van der Waals surface area contributed by atoms with Gasteiger partial charge in [0, 0.05) is 38.3 Å².